The van der Waals surface area contributed by atoms with Gasteiger partial charge in [0.1, 0.15) is 6.67 Å². The maximum absolute atomic E-state index is 12.2. The zero-order valence-electron chi connectivity index (χ0n) is 7.16. The Morgan fingerprint density at radius 3 is 2.54 bits per heavy atom. The zero-order chi connectivity index (χ0) is 10.1. The summed E-state index contributed by atoms with van der Waals surface area (Å²) >= 11 is 0. The zero-order valence-corrected chi connectivity index (χ0v) is 7.16. The van der Waals surface area contributed by atoms with Crippen molar-refractivity contribution in [2.24, 2.45) is 5.92 Å². The Hall–Kier alpha value is -0.800. The van der Waals surface area contributed by atoms with Crippen LogP contribution in [0.5, 0.6) is 0 Å². The molecule has 0 saturated heterocycles. The monoisotopic (exact) mass is 194 g/mol. The van der Waals surface area contributed by atoms with E-state index in [1.54, 1.807) is 6.92 Å². The molecule has 0 bridgehead atoms. The lowest BCUT2D eigenvalue weighted by Gasteiger charge is -2.21. The van der Waals surface area contributed by atoms with Crippen molar-refractivity contribution in [1.82, 2.24) is 0 Å². The van der Waals surface area contributed by atoms with Gasteiger partial charge in [0.25, 0.3) is 0 Å². The molecular formula is C9H10F4. The van der Waals surface area contributed by atoms with Crippen LogP contribution in [0.15, 0.2) is 23.3 Å². The van der Waals surface area contributed by atoms with Crippen molar-refractivity contribution in [3.05, 3.63) is 23.3 Å². The summed E-state index contributed by atoms with van der Waals surface area (Å²) < 4.78 is 48.8. The van der Waals surface area contributed by atoms with E-state index in [0.717, 1.165) is 6.08 Å². The van der Waals surface area contributed by atoms with Crippen LogP contribution in [0.2, 0.25) is 0 Å². The minimum Gasteiger partial charge on any atom is -0.246 e. The molecule has 1 rings (SSSR count). The van der Waals surface area contributed by atoms with E-state index in [4.69, 9.17) is 0 Å². The van der Waals surface area contributed by atoms with Gasteiger partial charge in [0, 0.05) is 0 Å². The molecule has 0 nitrogen and oxygen atoms in total. The fourth-order valence-electron chi connectivity index (χ4n) is 1.39. The first-order chi connectivity index (χ1) is 5.93. The van der Waals surface area contributed by atoms with Gasteiger partial charge in [-0.3, -0.25) is 0 Å². The molecule has 1 aliphatic rings. The summed E-state index contributed by atoms with van der Waals surface area (Å²) in [6.45, 7) is 0.755. The molecule has 0 aromatic rings. The molecule has 0 N–H and O–H groups in total. The topological polar surface area (TPSA) is 0 Å². The van der Waals surface area contributed by atoms with Crippen LogP contribution in [-0.4, -0.2) is 12.9 Å². The SMILES string of the molecule is CC1=CC(C(F)(F)F)CC(CF)=C1. The molecule has 13 heavy (non-hydrogen) atoms. The summed E-state index contributed by atoms with van der Waals surface area (Å²) in [6.07, 6.45) is -1.88. The summed E-state index contributed by atoms with van der Waals surface area (Å²) in [5.74, 6) is -1.51. The number of alkyl halides is 4. The average Bonchev–Trinajstić information content (AvgIpc) is 2.01. The van der Waals surface area contributed by atoms with Crippen molar-refractivity contribution in [2.75, 3.05) is 6.67 Å². The number of hydrogen-bond acceptors (Lipinski definition) is 0. The van der Waals surface area contributed by atoms with Crippen LogP contribution in [0.1, 0.15) is 13.3 Å². The average molecular weight is 194 g/mol. The Labute approximate surface area is 73.9 Å². The summed E-state index contributed by atoms with van der Waals surface area (Å²) in [4.78, 5) is 0. The van der Waals surface area contributed by atoms with Crippen LogP contribution in [0.3, 0.4) is 0 Å². The second-order valence-electron chi connectivity index (χ2n) is 3.20. The van der Waals surface area contributed by atoms with Crippen molar-refractivity contribution in [3.8, 4) is 0 Å². The molecule has 74 valence electrons. The van der Waals surface area contributed by atoms with E-state index in [-0.39, 0.29) is 12.0 Å². The molecule has 0 aromatic heterocycles. The van der Waals surface area contributed by atoms with Crippen LogP contribution in [-0.2, 0) is 0 Å². The molecule has 0 heterocycles. The van der Waals surface area contributed by atoms with Gasteiger partial charge in [-0.2, -0.15) is 13.2 Å². The Balaban J connectivity index is 2.81. The lowest BCUT2D eigenvalue weighted by molar-refractivity contribution is -0.161. The molecule has 0 radical (unpaired) electrons. The Morgan fingerprint density at radius 2 is 2.08 bits per heavy atom. The van der Waals surface area contributed by atoms with Crippen molar-refractivity contribution in [3.63, 3.8) is 0 Å². The van der Waals surface area contributed by atoms with Crippen molar-refractivity contribution in [1.29, 1.82) is 0 Å². The molecule has 4 heteroatoms. The van der Waals surface area contributed by atoms with Crippen LogP contribution in [0.4, 0.5) is 17.6 Å². The first-order valence-corrected chi connectivity index (χ1v) is 3.94. The first-order valence-electron chi connectivity index (χ1n) is 3.94. The predicted molar refractivity (Wildman–Crippen MR) is 42.0 cm³/mol. The van der Waals surface area contributed by atoms with E-state index in [1.165, 1.54) is 6.08 Å². The van der Waals surface area contributed by atoms with E-state index in [0.29, 0.717) is 5.57 Å². The van der Waals surface area contributed by atoms with Crippen molar-refractivity contribution >= 4 is 0 Å². The molecule has 1 aliphatic carbocycles. The molecule has 0 amide bonds. The van der Waals surface area contributed by atoms with E-state index >= 15 is 0 Å². The molecule has 1 atom stereocenters. The molecule has 0 aromatic carbocycles. The van der Waals surface area contributed by atoms with Crippen molar-refractivity contribution < 1.29 is 17.6 Å². The smallest absolute Gasteiger partial charge is 0.246 e. The van der Waals surface area contributed by atoms with Gasteiger partial charge in [0.05, 0.1) is 5.92 Å². The van der Waals surface area contributed by atoms with Crippen LogP contribution in [0.25, 0.3) is 0 Å². The number of allylic oxidation sites excluding steroid dienone is 4. The first kappa shape index (κ1) is 10.3. The number of halogens is 4. The largest absolute Gasteiger partial charge is 0.395 e. The second kappa shape index (κ2) is 3.52. The van der Waals surface area contributed by atoms with E-state index < -0.39 is 18.8 Å². The number of hydrogen-bond donors (Lipinski definition) is 0. The summed E-state index contributed by atoms with van der Waals surface area (Å²) in [7, 11) is 0. The maximum Gasteiger partial charge on any atom is 0.395 e. The molecular weight excluding hydrogens is 184 g/mol. The molecule has 1 unspecified atom stereocenters. The highest BCUT2D eigenvalue weighted by Crippen LogP contribution is 2.35. The Kier molecular flexibility index (Phi) is 2.78. The van der Waals surface area contributed by atoms with Crippen molar-refractivity contribution in [2.45, 2.75) is 19.5 Å². The summed E-state index contributed by atoms with van der Waals surface area (Å²) in [6, 6.07) is 0. The third-order valence-electron chi connectivity index (χ3n) is 1.97. The maximum atomic E-state index is 12.2. The molecule has 0 aliphatic heterocycles. The van der Waals surface area contributed by atoms with Crippen LogP contribution >= 0.6 is 0 Å². The third kappa shape index (κ3) is 2.57. The fraction of sp³-hybridized carbons (Fsp3) is 0.556. The van der Waals surface area contributed by atoms with Gasteiger partial charge >= 0.3 is 6.18 Å². The van der Waals surface area contributed by atoms with Gasteiger partial charge in [-0.1, -0.05) is 17.7 Å². The second-order valence-corrected chi connectivity index (χ2v) is 3.20. The summed E-state index contributed by atoms with van der Waals surface area (Å²) in [5.41, 5.74) is 0.712. The highest BCUT2D eigenvalue weighted by atomic mass is 19.4. The number of rotatable bonds is 1. The highest BCUT2D eigenvalue weighted by molar-refractivity contribution is 5.28. The van der Waals surface area contributed by atoms with Gasteiger partial charge in [-0.25, -0.2) is 4.39 Å². The Bertz CT molecular complexity index is 247. The van der Waals surface area contributed by atoms with Gasteiger partial charge < -0.3 is 0 Å². The predicted octanol–water partition coefficient (Wildman–Crippen LogP) is 3.41. The Morgan fingerprint density at radius 1 is 1.46 bits per heavy atom. The lowest BCUT2D eigenvalue weighted by atomic mass is 9.91. The fourth-order valence-corrected chi connectivity index (χ4v) is 1.39. The van der Waals surface area contributed by atoms with Gasteiger partial charge in [-0.05, 0) is 18.9 Å². The van der Waals surface area contributed by atoms with Crippen LogP contribution in [0, 0.1) is 5.92 Å². The highest BCUT2D eigenvalue weighted by Gasteiger charge is 2.39. The van der Waals surface area contributed by atoms with Gasteiger partial charge in [0.15, 0.2) is 0 Å². The van der Waals surface area contributed by atoms with E-state index in [9.17, 15) is 17.6 Å². The molecule has 0 saturated carbocycles. The molecule has 0 spiro atoms. The summed E-state index contributed by atoms with van der Waals surface area (Å²) in [5, 5.41) is 0. The quantitative estimate of drug-likeness (QED) is 0.561. The molecule has 0 fully saturated rings. The standard InChI is InChI=1S/C9H10F4/c1-6-2-7(5-10)4-8(3-6)9(11,12)13/h2-3,8H,4-5H2,1H3. The minimum atomic E-state index is -4.25. The normalized spacial score (nSPS) is 23.9. The van der Waals surface area contributed by atoms with Crippen LogP contribution < -0.4 is 0 Å². The van der Waals surface area contributed by atoms with E-state index in [2.05, 4.69) is 0 Å². The lowest BCUT2D eigenvalue weighted by Crippen LogP contribution is -2.23. The van der Waals surface area contributed by atoms with Gasteiger partial charge in [0.2, 0.25) is 0 Å². The minimum absolute atomic E-state index is 0.224. The third-order valence-corrected chi connectivity index (χ3v) is 1.97. The van der Waals surface area contributed by atoms with Gasteiger partial charge in [-0.15, -0.1) is 0 Å². The van der Waals surface area contributed by atoms with E-state index in [1.807, 2.05) is 0 Å².